The van der Waals surface area contributed by atoms with Gasteiger partial charge in [0.15, 0.2) is 0 Å². The summed E-state index contributed by atoms with van der Waals surface area (Å²) < 4.78 is 0. The van der Waals surface area contributed by atoms with E-state index in [0.29, 0.717) is 11.9 Å². The van der Waals surface area contributed by atoms with Crippen molar-refractivity contribution >= 4 is 5.91 Å². The lowest BCUT2D eigenvalue weighted by Crippen LogP contribution is -2.41. The van der Waals surface area contributed by atoms with Crippen LogP contribution in [0.3, 0.4) is 0 Å². The molecular weight excluding hydrogens is 342 g/mol. The molecule has 0 aromatic rings. The van der Waals surface area contributed by atoms with E-state index in [9.17, 15) is 4.79 Å². The van der Waals surface area contributed by atoms with E-state index >= 15 is 0 Å². The Morgan fingerprint density at radius 3 is 1.93 bits per heavy atom. The molecule has 3 aliphatic carbocycles. The van der Waals surface area contributed by atoms with Crippen molar-refractivity contribution in [2.45, 2.75) is 135 Å². The third-order valence-electron chi connectivity index (χ3n) is 8.40. The summed E-state index contributed by atoms with van der Waals surface area (Å²) in [6.45, 7) is 2.31. The maximum atomic E-state index is 13.0. The lowest BCUT2D eigenvalue weighted by atomic mass is 9.77. The molecule has 1 amide bonds. The summed E-state index contributed by atoms with van der Waals surface area (Å²) in [6, 6.07) is 0.460. The minimum atomic E-state index is 0.290. The maximum Gasteiger partial charge on any atom is 0.223 e. The van der Waals surface area contributed by atoms with Crippen molar-refractivity contribution in [3.63, 3.8) is 0 Å². The van der Waals surface area contributed by atoms with Crippen LogP contribution in [-0.2, 0) is 4.79 Å². The van der Waals surface area contributed by atoms with Gasteiger partial charge in [0.05, 0.1) is 0 Å². The van der Waals surface area contributed by atoms with Crippen molar-refractivity contribution in [2.24, 2.45) is 23.7 Å². The number of carbonyl (C=O) groups is 1. The molecule has 3 saturated carbocycles. The molecule has 0 aromatic carbocycles. The Morgan fingerprint density at radius 1 is 0.679 bits per heavy atom. The van der Waals surface area contributed by atoms with Crippen molar-refractivity contribution in [1.82, 2.24) is 5.32 Å². The van der Waals surface area contributed by atoms with Crippen LogP contribution < -0.4 is 5.32 Å². The molecule has 2 nitrogen and oxygen atoms in total. The fourth-order valence-corrected chi connectivity index (χ4v) is 6.52. The van der Waals surface area contributed by atoms with E-state index in [1.165, 1.54) is 109 Å². The van der Waals surface area contributed by atoms with E-state index in [1.54, 1.807) is 0 Å². The highest BCUT2D eigenvalue weighted by Crippen LogP contribution is 2.36. The number of carbonyl (C=O) groups excluding carboxylic acids is 1. The first-order chi connectivity index (χ1) is 13.8. The monoisotopic (exact) mass is 389 g/mol. The molecule has 0 radical (unpaired) electrons. The Bertz CT molecular complexity index is 440. The van der Waals surface area contributed by atoms with Crippen LogP contribution in [0.2, 0.25) is 0 Å². The van der Waals surface area contributed by atoms with Crippen molar-refractivity contribution < 1.29 is 4.79 Å². The number of nitrogens with one attached hydrogen (secondary N) is 1. The first-order valence-electron chi connectivity index (χ1n) is 13.1. The lowest BCUT2D eigenvalue weighted by Gasteiger charge is -2.30. The van der Waals surface area contributed by atoms with E-state index in [1.807, 2.05) is 0 Å². The first-order valence-corrected chi connectivity index (χ1v) is 13.1. The maximum absolute atomic E-state index is 13.0. The third kappa shape index (κ3) is 7.06. The highest BCUT2D eigenvalue weighted by atomic mass is 16.1. The Kier molecular flexibility index (Phi) is 9.68. The predicted octanol–water partition coefficient (Wildman–Crippen LogP) is 7.41. The summed E-state index contributed by atoms with van der Waals surface area (Å²) in [7, 11) is 0. The molecule has 0 spiro atoms. The minimum Gasteiger partial charge on any atom is -0.353 e. The molecule has 4 atom stereocenters. The number of amides is 1. The van der Waals surface area contributed by atoms with Gasteiger partial charge in [0, 0.05) is 12.0 Å². The Balaban J connectivity index is 1.46. The second kappa shape index (κ2) is 12.2. The van der Waals surface area contributed by atoms with E-state index in [0.717, 1.165) is 30.6 Å². The Hall–Kier alpha value is -0.530. The van der Waals surface area contributed by atoms with Crippen molar-refractivity contribution in [3.8, 4) is 0 Å². The molecule has 0 aromatic heterocycles. The summed E-state index contributed by atoms with van der Waals surface area (Å²) in [5.41, 5.74) is 0. The molecule has 0 heterocycles. The van der Waals surface area contributed by atoms with Crippen molar-refractivity contribution in [3.05, 3.63) is 0 Å². The van der Waals surface area contributed by atoms with Crippen LogP contribution in [0.4, 0.5) is 0 Å². The number of hydrogen-bond acceptors (Lipinski definition) is 1. The fraction of sp³-hybridized carbons (Fsp3) is 0.962. The van der Waals surface area contributed by atoms with E-state index in [-0.39, 0.29) is 5.92 Å². The second-order valence-corrected chi connectivity index (χ2v) is 10.4. The van der Waals surface area contributed by atoms with E-state index in [2.05, 4.69) is 12.2 Å². The molecule has 0 saturated heterocycles. The second-order valence-electron chi connectivity index (χ2n) is 10.4. The standard InChI is InChI=1S/C26H47NO/c1-2-21-12-10-19-25(20-21)27-26(28)24-16-9-8-15-23(17-11-18-24)22-13-6-4-3-5-7-14-22/h21-25H,2-20H2,1H3,(H,27,28)/t21?,23?,24?,25-/m1/s1. The van der Waals surface area contributed by atoms with Gasteiger partial charge in [-0.05, 0) is 43.4 Å². The van der Waals surface area contributed by atoms with Crippen LogP contribution in [-0.4, -0.2) is 11.9 Å². The van der Waals surface area contributed by atoms with Crippen molar-refractivity contribution in [1.29, 1.82) is 0 Å². The minimum absolute atomic E-state index is 0.290. The topological polar surface area (TPSA) is 29.1 Å². The fourth-order valence-electron chi connectivity index (χ4n) is 6.52. The third-order valence-corrected chi connectivity index (χ3v) is 8.40. The zero-order chi connectivity index (χ0) is 19.6. The average molecular weight is 390 g/mol. The number of rotatable bonds is 4. The summed E-state index contributed by atoms with van der Waals surface area (Å²) >= 11 is 0. The van der Waals surface area contributed by atoms with Gasteiger partial charge in [-0.2, -0.15) is 0 Å². The Morgan fingerprint density at radius 2 is 1.21 bits per heavy atom. The summed E-state index contributed by atoms with van der Waals surface area (Å²) in [5.74, 6) is 3.45. The lowest BCUT2D eigenvalue weighted by molar-refractivity contribution is -0.126. The van der Waals surface area contributed by atoms with Gasteiger partial charge < -0.3 is 5.32 Å². The van der Waals surface area contributed by atoms with E-state index in [4.69, 9.17) is 0 Å². The molecule has 28 heavy (non-hydrogen) atoms. The smallest absolute Gasteiger partial charge is 0.223 e. The van der Waals surface area contributed by atoms with Crippen LogP contribution in [0.1, 0.15) is 129 Å². The predicted molar refractivity (Wildman–Crippen MR) is 119 cm³/mol. The van der Waals surface area contributed by atoms with Gasteiger partial charge in [-0.1, -0.05) is 103 Å². The van der Waals surface area contributed by atoms with Gasteiger partial charge >= 0.3 is 0 Å². The normalized spacial score (nSPS) is 34.3. The molecule has 1 N–H and O–H groups in total. The van der Waals surface area contributed by atoms with Crippen LogP contribution in [0.25, 0.3) is 0 Å². The van der Waals surface area contributed by atoms with Crippen LogP contribution >= 0.6 is 0 Å². The molecule has 0 aliphatic heterocycles. The molecule has 3 rings (SSSR count). The molecule has 3 fully saturated rings. The number of hydrogen-bond donors (Lipinski definition) is 1. The molecule has 162 valence electrons. The van der Waals surface area contributed by atoms with Gasteiger partial charge in [0.1, 0.15) is 0 Å². The zero-order valence-corrected chi connectivity index (χ0v) is 18.7. The van der Waals surface area contributed by atoms with Crippen LogP contribution in [0.5, 0.6) is 0 Å². The molecule has 3 aliphatic rings. The summed E-state index contributed by atoms with van der Waals surface area (Å²) in [6.07, 6.45) is 25.6. The van der Waals surface area contributed by atoms with E-state index < -0.39 is 0 Å². The SMILES string of the molecule is CCC1CCC[C@@H](NC(=O)C2CCCCC(C3CCCCCCC3)CCC2)C1. The Labute approximate surface area is 175 Å². The molecule has 2 heteroatoms. The molecular formula is C26H47NO. The highest BCUT2D eigenvalue weighted by Gasteiger charge is 2.28. The van der Waals surface area contributed by atoms with Gasteiger partial charge in [0.2, 0.25) is 5.91 Å². The molecule has 3 unspecified atom stereocenters. The van der Waals surface area contributed by atoms with Gasteiger partial charge in [-0.15, -0.1) is 0 Å². The van der Waals surface area contributed by atoms with Gasteiger partial charge in [-0.3, -0.25) is 4.79 Å². The highest BCUT2D eigenvalue weighted by molar-refractivity contribution is 5.78. The van der Waals surface area contributed by atoms with Crippen molar-refractivity contribution in [2.75, 3.05) is 0 Å². The first kappa shape index (κ1) is 22.2. The van der Waals surface area contributed by atoms with Crippen LogP contribution in [0.15, 0.2) is 0 Å². The summed E-state index contributed by atoms with van der Waals surface area (Å²) in [5, 5.41) is 3.47. The summed E-state index contributed by atoms with van der Waals surface area (Å²) in [4.78, 5) is 13.0. The quantitative estimate of drug-likeness (QED) is 0.533. The zero-order valence-electron chi connectivity index (χ0n) is 18.7. The largest absolute Gasteiger partial charge is 0.353 e. The van der Waals surface area contributed by atoms with Crippen LogP contribution in [0, 0.1) is 23.7 Å². The van der Waals surface area contributed by atoms with Gasteiger partial charge in [0.25, 0.3) is 0 Å². The molecule has 0 bridgehead atoms. The van der Waals surface area contributed by atoms with Gasteiger partial charge in [-0.25, -0.2) is 0 Å². The average Bonchev–Trinajstić information content (AvgIpc) is 2.80.